The van der Waals surface area contributed by atoms with Gasteiger partial charge in [0, 0.05) is 6.85 Å². The lowest BCUT2D eigenvalue weighted by molar-refractivity contribution is -0.123. The molecule has 3 heteroatoms. The van der Waals surface area contributed by atoms with Gasteiger partial charge in [-0.3, -0.25) is 9.59 Å². The second-order valence-electron chi connectivity index (χ2n) is 1.84. The molecular formula is C7H9NO2. The Kier molecular flexibility index (Phi) is 0.815. The third-order valence-electron chi connectivity index (χ3n) is 1.20. The molecule has 0 saturated carbocycles. The number of carbonyl (C=O) groups excluding carboxylic acids is 2. The molecule has 0 amide bonds. The van der Waals surface area contributed by atoms with Crippen LogP contribution in [0.25, 0.3) is 0 Å². The van der Waals surface area contributed by atoms with Crippen LogP contribution in [-0.2, 0) is 9.59 Å². The van der Waals surface area contributed by atoms with Crippen LogP contribution in [0.2, 0.25) is 0 Å². The highest BCUT2D eigenvalue weighted by molar-refractivity contribution is 6.21. The van der Waals surface area contributed by atoms with Crippen molar-refractivity contribution < 1.29 is 16.4 Å². The number of rotatable bonds is 2. The second kappa shape index (κ2) is 2.75. The Bertz CT molecular complexity index is 315. The van der Waals surface area contributed by atoms with Crippen LogP contribution in [0.3, 0.4) is 0 Å². The number of ketones is 2. The first-order valence-corrected chi connectivity index (χ1v) is 2.68. The molecule has 0 bridgehead atoms. The van der Waals surface area contributed by atoms with Crippen molar-refractivity contribution in [1.29, 1.82) is 0 Å². The molecule has 0 radical (unpaired) electrons. The fourth-order valence-corrected chi connectivity index (χ4v) is 0.711. The zero-order chi connectivity index (χ0) is 11.9. The maximum Gasteiger partial charge on any atom is 0.180 e. The molecule has 1 aliphatic rings. The van der Waals surface area contributed by atoms with Crippen LogP contribution in [0.15, 0.2) is 12.2 Å². The van der Waals surface area contributed by atoms with Crippen molar-refractivity contribution in [2.45, 2.75) is 12.9 Å². The number of carbonyl (C=O) groups is 2. The van der Waals surface area contributed by atoms with Gasteiger partial charge in [-0.25, -0.2) is 0 Å². The van der Waals surface area contributed by atoms with Gasteiger partial charge in [0.2, 0.25) is 0 Å². The highest BCUT2D eigenvalue weighted by atomic mass is 16.2. The first kappa shape index (κ1) is 2.96. The van der Waals surface area contributed by atoms with Crippen LogP contribution in [0.4, 0.5) is 0 Å². The highest BCUT2D eigenvalue weighted by Crippen LogP contribution is 2.00. The smallest absolute Gasteiger partial charge is 0.180 e. The van der Waals surface area contributed by atoms with Crippen molar-refractivity contribution in [1.82, 2.24) is 5.32 Å². The highest BCUT2D eigenvalue weighted by Gasteiger charge is 2.26. The Balaban J connectivity index is 2.79. The Morgan fingerprint density at radius 2 is 2.30 bits per heavy atom. The number of hydrogen-bond acceptors (Lipinski definition) is 3. The predicted octanol–water partition coefficient (Wildman–Crippen LogP) is -0.328. The van der Waals surface area contributed by atoms with E-state index < -0.39 is 31.0 Å². The molecular weight excluding hydrogens is 130 g/mol. The van der Waals surface area contributed by atoms with Gasteiger partial charge in [-0.05, 0) is 18.6 Å². The maximum atomic E-state index is 11.1. The molecule has 10 heavy (non-hydrogen) atoms. The summed E-state index contributed by atoms with van der Waals surface area (Å²) in [6.45, 7) is -5.70. The molecule has 0 aromatic rings. The summed E-state index contributed by atoms with van der Waals surface area (Å²) in [4.78, 5) is 22.1. The molecule has 0 fully saturated rings. The first-order valence-electron chi connectivity index (χ1n) is 5.18. The van der Waals surface area contributed by atoms with E-state index in [1.165, 1.54) is 0 Å². The average Bonchev–Trinajstić information content (AvgIpc) is 2.33. The van der Waals surface area contributed by atoms with Gasteiger partial charge in [0.1, 0.15) is 6.04 Å². The Morgan fingerprint density at radius 1 is 1.70 bits per heavy atom. The number of nitrogens with one attached hydrogen (secondary N) is 1. The summed E-state index contributed by atoms with van der Waals surface area (Å²) >= 11 is 0. The van der Waals surface area contributed by atoms with Gasteiger partial charge in [-0.2, -0.15) is 0 Å². The van der Waals surface area contributed by atoms with Gasteiger partial charge in [0.15, 0.2) is 11.6 Å². The Labute approximate surface area is 66.1 Å². The topological polar surface area (TPSA) is 46.2 Å². The zero-order valence-electron chi connectivity index (χ0n) is 10.0. The van der Waals surface area contributed by atoms with Gasteiger partial charge in [0.05, 0.1) is 0 Å². The van der Waals surface area contributed by atoms with Crippen LogP contribution in [0.5, 0.6) is 0 Å². The third kappa shape index (κ3) is 1.14. The zero-order valence-corrected chi connectivity index (χ0v) is 5.05. The van der Waals surface area contributed by atoms with E-state index >= 15 is 0 Å². The van der Waals surface area contributed by atoms with Crippen LogP contribution < -0.4 is 5.32 Å². The molecule has 0 aromatic carbocycles. The minimum atomic E-state index is -2.93. The predicted molar refractivity (Wildman–Crippen MR) is 36.6 cm³/mol. The minimum Gasteiger partial charge on any atom is -0.301 e. The summed E-state index contributed by atoms with van der Waals surface area (Å²) in [5.74, 6) is -1.26. The molecule has 0 aromatic heterocycles. The molecule has 0 aliphatic heterocycles. The van der Waals surface area contributed by atoms with Crippen molar-refractivity contribution in [2.75, 3.05) is 6.50 Å². The van der Waals surface area contributed by atoms with Crippen LogP contribution in [0.1, 0.15) is 13.7 Å². The summed E-state index contributed by atoms with van der Waals surface area (Å²) in [6.07, 6.45) is 1.99. The van der Waals surface area contributed by atoms with Crippen LogP contribution >= 0.6 is 0 Å². The molecule has 0 atom stereocenters. The molecule has 1 aliphatic carbocycles. The molecule has 3 nitrogen and oxygen atoms in total. The van der Waals surface area contributed by atoms with Crippen molar-refractivity contribution in [3.8, 4) is 0 Å². The maximum absolute atomic E-state index is 11.1. The normalized spacial score (nSPS) is 29.0. The van der Waals surface area contributed by atoms with Gasteiger partial charge in [-0.1, -0.05) is 6.85 Å². The molecule has 0 spiro atoms. The first-order chi connectivity index (χ1) is 6.65. The van der Waals surface area contributed by atoms with E-state index in [2.05, 4.69) is 0 Å². The second-order valence-corrected chi connectivity index (χ2v) is 1.84. The summed E-state index contributed by atoms with van der Waals surface area (Å²) < 4.78 is 35.0. The van der Waals surface area contributed by atoms with Gasteiger partial charge >= 0.3 is 0 Å². The summed E-state index contributed by atoms with van der Waals surface area (Å²) in [7, 11) is 0. The number of hydrogen-bond donors (Lipinski definition) is 1. The fourth-order valence-electron chi connectivity index (χ4n) is 0.711. The van der Waals surface area contributed by atoms with Crippen molar-refractivity contribution in [2.24, 2.45) is 0 Å². The van der Waals surface area contributed by atoms with Crippen LogP contribution in [-0.4, -0.2) is 24.1 Å². The SMILES string of the molecule is [2H]C([2H])([2H])C([2H])([2H])NC1C(=O)C=CC1=O. The largest absolute Gasteiger partial charge is 0.301 e. The van der Waals surface area contributed by atoms with E-state index in [0.717, 1.165) is 12.2 Å². The fraction of sp³-hybridized carbons (Fsp3) is 0.429. The van der Waals surface area contributed by atoms with Gasteiger partial charge < -0.3 is 5.32 Å². The Morgan fingerprint density at radius 3 is 2.80 bits per heavy atom. The minimum absolute atomic E-state index is 0.631. The van der Waals surface area contributed by atoms with E-state index in [0.29, 0.717) is 0 Å². The van der Waals surface area contributed by atoms with E-state index in [1.54, 1.807) is 0 Å². The van der Waals surface area contributed by atoms with Gasteiger partial charge in [-0.15, -0.1) is 0 Å². The molecule has 0 heterocycles. The standard InChI is InChI=1S/C7H9NO2/c1-2-8-7-5(9)3-4-6(7)10/h3-4,7-8H,2H2,1H3/i1D3,2D2. The van der Waals surface area contributed by atoms with E-state index in [1.807, 2.05) is 5.32 Å². The lowest BCUT2D eigenvalue weighted by Gasteiger charge is -2.05. The Hall–Kier alpha value is -0.960. The lowest BCUT2D eigenvalue weighted by atomic mass is 10.2. The van der Waals surface area contributed by atoms with Crippen molar-refractivity contribution >= 4 is 11.6 Å². The molecule has 0 unspecified atom stereocenters. The molecule has 0 saturated heterocycles. The van der Waals surface area contributed by atoms with E-state index in [-0.39, 0.29) is 0 Å². The third-order valence-corrected chi connectivity index (χ3v) is 1.20. The summed E-state index contributed by atoms with van der Waals surface area (Å²) in [5, 5.41) is 1.90. The van der Waals surface area contributed by atoms with E-state index in [4.69, 9.17) is 6.85 Å². The number of likely N-dealkylation sites (N-methyl/N-ethyl adjacent to an activating group) is 1. The van der Waals surface area contributed by atoms with Crippen molar-refractivity contribution in [3.63, 3.8) is 0 Å². The molecule has 1 N–H and O–H groups in total. The van der Waals surface area contributed by atoms with E-state index in [9.17, 15) is 9.59 Å². The molecule has 1 rings (SSSR count). The van der Waals surface area contributed by atoms with Crippen LogP contribution in [0, 0.1) is 0 Å². The lowest BCUT2D eigenvalue weighted by Crippen LogP contribution is -2.38. The quantitative estimate of drug-likeness (QED) is 0.540. The van der Waals surface area contributed by atoms with Crippen molar-refractivity contribution in [3.05, 3.63) is 12.2 Å². The monoisotopic (exact) mass is 144 g/mol. The average molecular weight is 144 g/mol. The summed E-state index contributed by atoms with van der Waals surface area (Å²) in [5.41, 5.74) is 0. The summed E-state index contributed by atoms with van der Waals surface area (Å²) in [6, 6.07) is -1.42. The van der Waals surface area contributed by atoms with Gasteiger partial charge in [0.25, 0.3) is 0 Å². The molecule has 54 valence electrons.